The van der Waals surface area contributed by atoms with Crippen molar-refractivity contribution in [3.05, 3.63) is 0 Å². The first-order chi connectivity index (χ1) is 5.43. The molecule has 0 aromatic heterocycles. The zero-order valence-corrected chi connectivity index (χ0v) is 7.31. The van der Waals surface area contributed by atoms with E-state index in [0.29, 0.717) is 19.4 Å². The van der Waals surface area contributed by atoms with Gasteiger partial charge < -0.3 is 4.90 Å². The Kier molecular flexibility index (Phi) is 2.35. The van der Waals surface area contributed by atoms with Gasteiger partial charge in [0.15, 0.2) is 0 Å². The zero-order valence-electron chi connectivity index (χ0n) is 7.31. The van der Waals surface area contributed by atoms with Crippen LogP contribution in [-0.4, -0.2) is 29.3 Å². The van der Waals surface area contributed by atoms with E-state index >= 15 is 0 Å². The summed E-state index contributed by atoms with van der Waals surface area (Å²) in [5, 5.41) is 0. The minimum Gasteiger partial charge on any atom is -0.334 e. The van der Waals surface area contributed by atoms with Crippen molar-refractivity contribution in [2.24, 2.45) is 0 Å². The first kappa shape index (κ1) is 9.42. The fraction of sp³-hybridized carbons (Fsp3) is 0.875. The van der Waals surface area contributed by atoms with Gasteiger partial charge in [-0.2, -0.15) is 0 Å². The number of hydrogen-bond acceptors (Lipinski definition) is 1. The van der Waals surface area contributed by atoms with E-state index in [1.807, 2.05) is 0 Å². The summed E-state index contributed by atoms with van der Waals surface area (Å²) < 4.78 is 25.7. The summed E-state index contributed by atoms with van der Waals surface area (Å²) in [6.07, 6.45) is 1.11. The number of carbonyl (C=O) groups excluding carboxylic acids is 1. The van der Waals surface area contributed by atoms with Gasteiger partial charge in [0.1, 0.15) is 0 Å². The van der Waals surface area contributed by atoms with E-state index in [1.54, 1.807) is 0 Å². The van der Waals surface area contributed by atoms with Crippen LogP contribution in [0.1, 0.15) is 26.7 Å². The molecule has 0 bridgehead atoms. The molecule has 0 spiro atoms. The van der Waals surface area contributed by atoms with Crippen molar-refractivity contribution < 1.29 is 13.6 Å². The van der Waals surface area contributed by atoms with Crippen LogP contribution < -0.4 is 0 Å². The lowest BCUT2D eigenvalue weighted by Gasteiger charge is -2.28. The van der Waals surface area contributed by atoms with Crippen molar-refractivity contribution in [2.75, 3.05) is 6.54 Å². The van der Waals surface area contributed by atoms with Crippen LogP contribution in [0.4, 0.5) is 8.78 Å². The highest BCUT2D eigenvalue weighted by Crippen LogP contribution is 2.30. The van der Waals surface area contributed by atoms with Crippen molar-refractivity contribution in [1.29, 1.82) is 0 Å². The molecule has 1 aliphatic heterocycles. The van der Waals surface area contributed by atoms with Gasteiger partial charge in [-0.15, -0.1) is 0 Å². The van der Waals surface area contributed by atoms with Crippen LogP contribution in [0.3, 0.4) is 0 Å². The third-order valence-electron chi connectivity index (χ3n) is 2.24. The summed E-state index contributed by atoms with van der Waals surface area (Å²) in [5.41, 5.74) is 0. The van der Waals surface area contributed by atoms with Crippen LogP contribution in [-0.2, 0) is 4.79 Å². The van der Waals surface area contributed by atoms with E-state index in [0.717, 1.165) is 6.92 Å². The van der Waals surface area contributed by atoms with Gasteiger partial charge in [0, 0.05) is 20.4 Å². The molecule has 1 amide bonds. The molecule has 1 saturated heterocycles. The Labute approximate surface area is 70.5 Å². The molecule has 1 atom stereocenters. The molecule has 1 rings (SSSR count). The number of rotatable bonds is 1. The molecule has 4 heteroatoms. The quantitative estimate of drug-likeness (QED) is 0.596. The van der Waals surface area contributed by atoms with Gasteiger partial charge in [0.25, 0.3) is 5.92 Å². The number of nitrogens with zero attached hydrogens (tertiary/aromatic N) is 1. The van der Waals surface area contributed by atoms with E-state index in [9.17, 15) is 13.6 Å². The molecule has 0 saturated carbocycles. The maximum Gasteiger partial charge on any atom is 0.265 e. The molecule has 1 heterocycles. The molecule has 0 N–H and O–H groups in total. The number of likely N-dealkylation sites (tertiary alicyclic amines) is 1. The molecule has 1 aliphatic rings. The lowest BCUT2D eigenvalue weighted by Crippen LogP contribution is -2.44. The van der Waals surface area contributed by atoms with Crippen LogP contribution in [0.25, 0.3) is 0 Å². The molecule has 0 aromatic carbocycles. The SMILES string of the molecule is CC(=O)N1CCCC1C(C)(F)F. The average molecular weight is 177 g/mol. The highest BCUT2D eigenvalue weighted by molar-refractivity contribution is 5.74. The third kappa shape index (κ3) is 1.73. The monoisotopic (exact) mass is 177 g/mol. The number of carbonyl (C=O) groups is 1. The van der Waals surface area contributed by atoms with Crippen molar-refractivity contribution >= 4 is 5.91 Å². The van der Waals surface area contributed by atoms with E-state index in [2.05, 4.69) is 0 Å². The van der Waals surface area contributed by atoms with Crippen LogP contribution in [0.2, 0.25) is 0 Å². The molecular formula is C8H13F2NO. The van der Waals surface area contributed by atoms with E-state index in [1.165, 1.54) is 11.8 Å². The third-order valence-corrected chi connectivity index (χ3v) is 2.24. The molecule has 1 fully saturated rings. The summed E-state index contributed by atoms with van der Waals surface area (Å²) in [6, 6.07) is -0.880. The first-order valence-electron chi connectivity index (χ1n) is 4.08. The Morgan fingerprint density at radius 3 is 2.50 bits per heavy atom. The van der Waals surface area contributed by atoms with Crippen LogP contribution in [0.15, 0.2) is 0 Å². The van der Waals surface area contributed by atoms with Gasteiger partial charge in [-0.3, -0.25) is 4.79 Å². The summed E-state index contributed by atoms with van der Waals surface area (Å²) in [7, 11) is 0. The smallest absolute Gasteiger partial charge is 0.265 e. The highest BCUT2D eigenvalue weighted by atomic mass is 19.3. The molecule has 0 aromatic rings. The zero-order chi connectivity index (χ0) is 9.35. The topological polar surface area (TPSA) is 20.3 Å². The molecule has 70 valence electrons. The number of amides is 1. The Hall–Kier alpha value is -0.670. The van der Waals surface area contributed by atoms with Crippen molar-refractivity contribution in [3.8, 4) is 0 Å². The predicted molar refractivity (Wildman–Crippen MR) is 41.0 cm³/mol. The molecule has 12 heavy (non-hydrogen) atoms. The van der Waals surface area contributed by atoms with Gasteiger partial charge in [-0.1, -0.05) is 0 Å². The second-order valence-corrected chi connectivity index (χ2v) is 3.33. The van der Waals surface area contributed by atoms with E-state index in [-0.39, 0.29) is 5.91 Å². The maximum absolute atomic E-state index is 12.8. The second-order valence-electron chi connectivity index (χ2n) is 3.33. The molecule has 1 unspecified atom stereocenters. The van der Waals surface area contributed by atoms with Gasteiger partial charge in [-0.25, -0.2) is 8.78 Å². The minimum absolute atomic E-state index is 0.251. The number of alkyl halides is 2. The molecule has 0 aliphatic carbocycles. The normalized spacial score (nSPS) is 24.7. The van der Waals surface area contributed by atoms with Crippen LogP contribution in [0.5, 0.6) is 0 Å². The lowest BCUT2D eigenvalue weighted by atomic mass is 10.1. The summed E-state index contributed by atoms with van der Waals surface area (Å²) >= 11 is 0. The van der Waals surface area contributed by atoms with Gasteiger partial charge in [0.05, 0.1) is 6.04 Å². The van der Waals surface area contributed by atoms with Crippen molar-refractivity contribution in [3.63, 3.8) is 0 Å². The lowest BCUT2D eigenvalue weighted by molar-refractivity contribution is -0.137. The standard InChI is InChI=1S/C8H13F2NO/c1-6(12)11-5-3-4-7(11)8(2,9)10/h7H,3-5H2,1-2H3. The Balaban J connectivity index is 2.71. The summed E-state index contributed by atoms with van der Waals surface area (Å²) in [4.78, 5) is 12.2. The highest BCUT2D eigenvalue weighted by Gasteiger charge is 2.42. The average Bonchev–Trinajstić information content (AvgIpc) is 2.30. The summed E-state index contributed by atoms with van der Waals surface area (Å²) in [5.74, 6) is -3.01. The Morgan fingerprint density at radius 1 is 1.58 bits per heavy atom. The van der Waals surface area contributed by atoms with E-state index in [4.69, 9.17) is 0 Å². The fourth-order valence-electron chi connectivity index (χ4n) is 1.67. The van der Waals surface area contributed by atoms with E-state index < -0.39 is 12.0 Å². The van der Waals surface area contributed by atoms with Gasteiger partial charge >= 0.3 is 0 Å². The van der Waals surface area contributed by atoms with Gasteiger partial charge in [-0.05, 0) is 12.8 Å². The fourth-order valence-corrected chi connectivity index (χ4v) is 1.67. The Morgan fingerprint density at radius 2 is 2.17 bits per heavy atom. The molecule has 0 radical (unpaired) electrons. The maximum atomic E-state index is 12.8. The molecule has 2 nitrogen and oxygen atoms in total. The minimum atomic E-state index is -2.76. The van der Waals surface area contributed by atoms with Crippen molar-refractivity contribution in [2.45, 2.75) is 38.7 Å². The van der Waals surface area contributed by atoms with Gasteiger partial charge in [0.2, 0.25) is 5.91 Å². The van der Waals surface area contributed by atoms with Crippen molar-refractivity contribution in [1.82, 2.24) is 4.90 Å². The second kappa shape index (κ2) is 2.99. The van der Waals surface area contributed by atoms with Crippen LogP contribution in [0, 0.1) is 0 Å². The number of hydrogen-bond donors (Lipinski definition) is 0. The summed E-state index contributed by atoms with van der Waals surface area (Å²) in [6.45, 7) is 2.69. The largest absolute Gasteiger partial charge is 0.334 e. The first-order valence-corrected chi connectivity index (χ1v) is 4.08. The van der Waals surface area contributed by atoms with Crippen LogP contribution >= 0.6 is 0 Å². The molecular weight excluding hydrogens is 164 g/mol. The Bertz CT molecular complexity index is 188. The number of halogens is 2. The predicted octanol–water partition coefficient (Wildman–Crippen LogP) is 1.65.